The zero-order chi connectivity index (χ0) is 16.9. The van der Waals surface area contributed by atoms with Crippen LogP contribution in [0, 0.1) is 4.91 Å². The maximum atomic E-state index is 10.4. The molecule has 2 aromatic rings. The maximum absolute atomic E-state index is 10.4. The van der Waals surface area contributed by atoms with Crippen molar-refractivity contribution in [3.05, 3.63) is 58.0 Å². The average molecular weight is 326 g/mol. The van der Waals surface area contributed by atoms with Crippen molar-refractivity contribution in [2.45, 2.75) is 25.9 Å². The van der Waals surface area contributed by atoms with Crippen LogP contribution in [-0.4, -0.2) is 17.9 Å². The molecule has 2 aromatic carbocycles. The first-order chi connectivity index (χ1) is 11.7. The van der Waals surface area contributed by atoms with E-state index in [1.807, 2.05) is 6.07 Å². The second-order valence-electron chi connectivity index (χ2n) is 5.60. The first-order valence-electron chi connectivity index (χ1n) is 7.72. The van der Waals surface area contributed by atoms with Gasteiger partial charge in [0.1, 0.15) is 12.3 Å². The van der Waals surface area contributed by atoms with Gasteiger partial charge in [0.15, 0.2) is 11.5 Å². The van der Waals surface area contributed by atoms with Crippen LogP contribution < -0.4 is 4.74 Å². The number of rotatable bonds is 5. The Hall–Kier alpha value is -2.89. The maximum Gasteiger partial charge on any atom is 0.160 e. The summed E-state index contributed by atoms with van der Waals surface area (Å²) in [6.45, 7) is 0.306. The van der Waals surface area contributed by atoms with Gasteiger partial charge in [-0.2, -0.15) is 0 Å². The van der Waals surface area contributed by atoms with Gasteiger partial charge in [-0.1, -0.05) is 17.3 Å². The topological polar surface area (TPSA) is 80.5 Å². The van der Waals surface area contributed by atoms with Crippen molar-refractivity contribution in [2.24, 2.45) is 10.3 Å². The van der Waals surface area contributed by atoms with Gasteiger partial charge in [0.05, 0.1) is 12.8 Å². The van der Waals surface area contributed by atoms with Crippen molar-refractivity contribution in [1.29, 1.82) is 0 Å². The van der Waals surface area contributed by atoms with Gasteiger partial charge in [-0.3, -0.25) is 0 Å². The summed E-state index contributed by atoms with van der Waals surface area (Å²) in [6.07, 6.45) is 2.70. The highest BCUT2D eigenvalue weighted by molar-refractivity contribution is 6.03. The monoisotopic (exact) mass is 326 g/mol. The average Bonchev–Trinajstić information content (AvgIpc) is 2.62. The van der Waals surface area contributed by atoms with Crippen LogP contribution in [0.25, 0.3) is 0 Å². The minimum Gasteiger partial charge on any atom is -0.504 e. The van der Waals surface area contributed by atoms with E-state index in [4.69, 9.17) is 9.57 Å². The predicted molar refractivity (Wildman–Crippen MR) is 90.8 cm³/mol. The van der Waals surface area contributed by atoms with Crippen LogP contribution >= 0.6 is 0 Å². The Morgan fingerprint density at radius 3 is 2.67 bits per heavy atom. The second-order valence-corrected chi connectivity index (χ2v) is 5.60. The van der Waals surface area contributed by atoms with Crippen molar-refractivity contribution in [3.8, 4) is 11.5 Å². The quantitative estimate of drug-likeness (QED) is 0.664. The van der Waals surface area contributed by atoms with Crippen LogP contribution in [0.1, 0.15) is 29.5 Å². The molecule has 3 rings (SSSR count). The molecule has 1 N–H and O–H groups in total. The molecule has 0 atom stereocenters. The molecule has 0 heterocycles. The first-order valence-corrected chi connectivity index (χ1v) is 7.72. The van der Waals surface area contributed by atoms with Gasteiger partial charge in [-0.15, -0.1) is 4.91 Å². The standard InChI is InChI=1S/C18H18N2O4/c1-23-18-9-13-3-2-4-16(15(13)10-17(18)21)20-24-11-12-5-7-14(19-22)8-6-12/h5-10,21H,2-4,11H2,1H3/b20-16+. The zero-order valence-electron chi connectivity index (χ0n) is 13.4. The molecule has 0 spiro atoms. The Bertz CT molecular complexity index is 769. The number of fused-ring (bicyclic) bond motifs is 1. The van der Waals surface area contributed by atoms with E-state index in [9.17, 15) is 10.0 Å². The van der Waals surface area contributed by atoms with E-state index in [-0.39, 0.29) is 5.75 Å². The van der Waals surface area contributed by atoms with Gasteiger partial charge in [0.25, 0.3) is 0 Å². The summed E-state index contributed by atoms with van der Waals surface area (Å²) >= 11 is 0. The molecule has 1 aliphatic rings. The third-order valence-corrected chi connectivity index (χ3v) is 4.02. The summed E-state index contributed by atoms with van der Waals surface area (Å²) in [6, 6.07) is 10.4. The van der Waals surface area contributed by atoms with Crippen molar-refractivity contribution >= 4 is 11.4 Å². The third-order valence-electron chi connectivity index (χ3n) is 4.02. The molecular formula is C18H18N2O4. The van der Waals surface area contributed by atoms with Crippen LogP contribution in [0.5, 0.6) is 11.5 Å². The molecule has 0 radical (unpaired) electrons. The number of nitroso groups, excluding NO2 is 1. The highest BCUT2D eigenvalue weighted by Crippen LogP contribution is 2.33. The summed E-state index contributed by atoms with van der Waals surface area (Å²) < 4.78 is 5.15. The third kappa shape index (κ3) is 3.37. The highest BCUT2D eigenvalue weighted by Gasteiger charge is 2.19. The van der Waals surface area contributed by atoms with Crippen LogP contribution in [0.3, 0.4) is 0 Å². The lowest BCUT2D eigenvalue weighted by molar-refractivity contribution is 0.130. The fourth-order valence-electron chi connectivity index (χ4n) is 2.76. The molecule has 0 aliphatic heterocycles. The van der Waals surface area contributed by atoms with Gasteiger partial charge in [-0.05, 0) is 59.8 Å². The van der Waals surface area contributed by atoms with E-state index in [1.54, 1.807) is 30.3 Å². The summed E-state index contributed by atoms with van der Waals surface area (Å²) in [5.41, 5.74) is 4.11. The van der Waals surface area contributed by atoms with E-state index >= 15 is 0 Å². The summed E-state index contributed by atoms with van der Waals surface area (Å²) in [5, 5.41) is 17.1. The molecule has 6 nitrogen and oxygen atoms in total. The number of methoxy groups -OCH3 is 1. The molecule has 0 amide bonds. The lowest BCUT2D eigenvalue weighted by Gasteiger charge is -2.19. The van der Waals surface area contributed by atoms with Crippen LogP contribution in [-0.2, 0) is 17.9 Å². The number of phenolic OH excluding ortho intramolecular Hbond substituents is 1. The predicted octanol–water partition coefficient (Wildman–Crippen LogP) is 4.06. The lowest BCUT2D eigenvalue weighted by Crippen LogP contribution is -2.12. The number of hydrogen-bond donors (Lipinski definition) is 1. The normalized spacial score (nSPS) is 15.0. The van der Waals surface area contributed by atoms with E-state index in [1.165, 1.54) is 7.11 Å². The molecule has 0 saturated carbocycles. The van der Waals surface area contributed by atoms with Gasteiger partial charge in [0, 0.05) is 5.56 Å². The number of ether oxygens (including phenoxy) is 1. The van der Waals surface area contributed by atoms with Gasteiger partial charge >= 0.3 is 0 Å². The number of oxime groups is 1. The van der Waals surface area contributed by atoms with E-state index in [0.717, 1.165) is 41.7 Å². The van der Waals surface area contributed by atoms with Gasteiger partial charge in [-0.25, -0.2) is 0 Å². The number of aryl methyl sites for hydroxylation is 1. The molecular weight excluding hydrogens is 308 g/mol. The van der Waals surface area contributed by atoms with Crippen LogP contribution in [0.4, 0.5) is 5.69 Å². The Kier molecular flexibility index (Phi) is 4.74. The highest BCUT2D eigenvalue weighted by atomic mass is 16.6. The summed E-state index contributed by atoms with van der Waals surface area (Å²) in [7, 11) is 1.54. The minimum atomic E-state index is 0.0998. The molecule has 0 unspecified atom stereocenters. The number of benzene rings is 2. The van der Waals surface area contributed by atoms with Crippen molar-refractivity contribution in [1.82, 2.24) is 0 Å². The van der Waals surface area contributed by atoms with Crippen molar-refractivity contribution in [2.75, 3.05) is 7.11 Å². The molecule has 0 aromatic heterocycles. The molecule has 0 saturated heterocycles. The van der Waals surface area contributed by atoms with Gasteiger partial charge in [0.2, 0.25) is 0 Å². The first kappa shape index (κ1) is 16.0. The molecule has 0 fully saturated rings. The van der Waals surface area contributed by atoms with Crippen LogP contribution in [0.15, 0.2) is 46.7 Å². The van der Waals surface area contributed by atoms with E-state index in [2.05, 4.69) is 10.3 Å². The fourth-order valence-corrected chi connectivity index (χ4v) is 2.76. The number of nitrogens with zero attached hydrogens (tertiary/aromatic N) is 2. The number of phenols is 1. The van der Waals surface area contributed by atoms with E-state index < -0.39 is 0 Å². The molecule has 24 heavy (non-hydrogen) atoms. The Morgan fingerprint density at radius 1 is 1.17 bits per heavy atom. The lowest BCUT2D eigenvalue weighted by atomic mass is 9.89. The Morgan fingerprint density at radius 2 is 1.96 bits per heavy atom. The van der Waals surface area contributed by atoms with Gasteiger partial charge < -0.3 is 14.7 Å². The molecule has 124 valence electrons. The number of aromatic hydroxyl groups is 1. The largest absolute Gasteiger partial charge is 0.504 e. The number of hydrogen-bond acceptors (Lipinski definition) is 6. The minimum absolute atomic E-state index is 0.0998. The van der Waals surface area contributed by atoms with Crippen molar-refractivity contribution < 1.29 is 14.7 Å². The molecule has 0 bridgehead atoms. The van der Waals surface area contributed by atoms with E-state index in [0.29, 0.717) is 18.0 Å². The fraction of sp³-hybridized carbons (Fsp3) is 0.278. The molecule has 6 heteroatoms. The SMILES string of the molecule is COc1cc2c(cc1O)/C(=N/OCc1ccc(N=O)cc1)CCC2. The van der Waals surface area contributed by atoms with Crippen LogP contribution in [0.2, 0.25) is 0 Å². The Labute approximate surface area is 139 Å². The zero-order valence-corrected chi connectivity index (χ0v) is 13.4. The summed E-state index contributed by atoms with van der Waals surface area (Å²) in [4.78, 5) is 15.8. The van der Waals surface area contributed by atoms with Crippen molar-refractivity contribution in [3.63, 3.8) is 0 Å². The Balaban J connectivity index is 1.74. The molecule has 1 aliphatic carbocycles. The summed E-state index contributed by atoms with van der Waals surface area (Å²) in [5.74, 6) is 0.572. The second kappa shape index (κ2) is 7.12. The smallest absolute Gasteiger partial charge is 0.160 e.